The first-order chi connectivity index (χ1) is 9.83. The van der Waals surface area contributed by atoms with Gasteiger partial charge in [0.25, 0.3) is 0 Å². The Morgan fingerprint density at radius 1 is 1.48 bits per heavy atom. The van der Waals surface area contributed by atoms with E-state index in [2.05, 4.69) is 16.5 Å². The lowest BCUT2D eigenvalue weighted by molar-refractivity contribution is 0.243. The Bertz CT molecular complexity index is 577. The van der Waals surface area contributed by atoms with E-state index in [1.54, 1.807) is 12.1 Å². The molecule has 21 heavy (non-hydrogen) atoms. The van der Waals surface area contributed by atoms with E-state index in [4.69, 9.17) is 0 Å². The van der Waals surface area contributed by atoms with Gasteiger partial charge in [0.05, 0.1) is 6.26 Å². The van der Waals surface area contributed by atoms with Crippen LogP contribution >= 0.6 is 0 Å². The summed E-state index contributed by atoms with van der Waals surface area (Å²) in [5, 5.41) is 0. The summed E-state index contributed by atoms with van der Waals surface area (Å²) in [4.78, 5) is 2.29. The molecule has 2 atom stereocenters. The van der Waals surface area contributed by atoms with Crippen LogP contribution in [-0.2, 0) is 16.4 Å². The van der Waals surface area contributed by atoms with Crippen LogP contribution in [0, 0.1) is 5.82 Å². The molecule has 4 nitrogen and oxygen atoms in total. The molecule has 0 spiro atoms. The Hall–Kier alpha value is -0.980. The summed E-state index contributed by atoms with van der Waals surface area (Å²) in [5.74, 6) is -0.196. The Kier molecular flexibility index (Phi) is 5.35. The number of rotatable bonds is 6. The van der Waals surface area contributed by atoms with E-state index in [0.29, 0.717) is 6.04 Å². The summed E-state index contributed by atoms with van der Waals surface area (Å²) >= 11 is 0. The van der Waals surface area contributed by atoms with Gasteiger partial charge < -0.3 is 0 Å². The zero-order valence-electron chi connectivity index (χ0n) is 12.5. The molecule has 0 unspecified atom stereocenters. The quantitative estimate of drug-likeness (QED) is 0.870. The van der Waals surface area contributed by atoms with Crippen LogP contribution in [0.3, 0.4) is 0 Å². The molecule has 0 saturated carbocycles. The second kappa shape index (κ2) is 6.85. The van der Waals surface area contributed by atoms with Gasteiger partial charge in [0.1, 0.15) is 5.82 Å². The Morgan fingerprint density at radius 2 is 2.24 bits per heavy atom. The molecule has 1 aliphatic rings. The van der Waals surface area contributed by atoms with Gasteiger partial charge in [-0.15, -0.1) is 0 Å². The predicted octanol–water partition coefficient (Wildman–Crippen LogP) is 1.77. The molecule has 0 aliphatic carbocycles. The minimum atomic E-state index is -3.14. The molecule has 1 N–H and O–H groups in total. The molecule has 1 aromatic rings. The number of benzene rings is 1. The first kappa shape index (κ1) is 16.4. The van der Waals surface area contributed by atoms with Crippen LogP contribution in [0.4, 0.5) is 4.39 Å². The van der Waals surface area contributed by atoms with E-state index < -0.39 is 10.0 Å². The minimum Gasteiger partial charge on any atom is -0.299 e. The summed E-state index contributed by atoms with van der Waals surface area (Å²) in [6, 6.07) is 7.07. The Labute approximate surface area is 126 Å². The van der Waals surface area contributed by atoms with E-state index in [-0.39, 0.29) is 11.9 Å². The van der Waals surface area contributed by atoms with Crippen LogP contribution < -0.4 is 4.72 Å². The Balaban J connectivity index is 1.80. The maximum Gasteiger partial charge on any atom is 0.208 e. The highest BCUT2D eigenvalue weighted by atomic mass is 32.2. The summed E-state index contributed by atoms with van der Waals surface area (Å²) in [6.45, 7) is 3.79. The Morgan fingerprint density at radius 3 is 2.90 bits per heavy atom. The molecule has 1 aromatic carbocycles. The summed E-state index contributed by atoms with van der Waals surface area (Å²) in [5.41, 5.74) is 1.01. The highest BCUT2D eigenvalue weighted by Crippen LogP contribution is 2.17. The molecule has 0 bridgehead atoms. The van der Waals surface area contributed by atoms with Gasteiger partial charge in [-0.25, -0.2) is 17.5 Å². The van der Waals surface area contributed by atoms with E-state index in [9.17, 15) is 12.8 Å². The topological polar surface area (TPSA) is 49.4 Å². The van der Waals surface area contributed by atoms with Crippen molar-refractivity contribution in [2.75, 3.05) is 19.3 Å². The van der Waals surface area contributed by atoms with Gasteiger partial charge in [-0.2, -0.15) is 0 Å². The average Bonchev–Trinajstić information content (AvgIpc) is 2.82. The third-order valence-electron chi connectivity index (χ3n) is 3.96. The largest absolute Gasteiger partial charge is 0.299 e. The molecule has 2 rings (SSSR count). The van der Waals surface area contributed by atoms with Gasteiger partial charge in [0.2, 0.25) is 10.0 Å². The number of likely N-dealkylation sites (tertiary alicyclic amines) is 1. The minimum absolute atomic E-state index is 0.0108. The second-order valence-electron chi connectivity index (χ2n) is 5.89. The van der Waals surface area contributed by atoms with Crippen molar-refractivity contribution in [3.05, 3.63) is 35.6 Å². The fraction of sp³-hybridized carbons (Fsp3) is 0.600. The number of hydrogen-bond acceptors (Lipinski definition) is 3. The number of hydrogen-bond donors (Lipinski definition) is 1. The van der Waals surface area contributed by atoms with Gasteiger partial charge in [-0.05, 0) is 43.9 Å². The van der Waals surface area contributed by atoms with E-state index in [1.807, 2.05) is 6.07 Å². The number of halogens is 1. The average molecular weight is 314 g/mol. The molecule has 6 heteroatoms. The third kappa shape index (κ3) is 5.37. The number of sulfonamides is 1. The molecule has 118 valence electrons. The van der Waals surface area contributed by atoms with Crippen LogP contribution in [0.25, 0.3) is 0 Å². The zero-order chi connectivity index (χ0) is 15.5. The van der Waals surface area contributed by atoms with Gasteiger partial charge in [-0.3, -0.25) is 4.90 Å². The van der Waals surface area contributed by atoms with Crippen LogP contribution in [0.15, 0.2) is 24.3 Å². The molecule has 1 aliphatic heterocycles. The van der Waals surface area contributed by atoms with Crippen LogP contribution in [0.1, 0.15) is 25.3 Å². The number of nitrogens with one attached hydrogen (secondary N) is 1. The lowest BCUT2D eigenvalue weighted by Crippen LogP contribution is -2.38. The van der Waals surface area contributed by atoms with Crippen molar-refractivity contribution in [1.29, 1.82) is 0 Å². The van der Waals surface area contributed by atoms with Crippen molar-refractivity contribution in [2.45, 2.75) is 38.3 Å². The van der Waals surface area contributed by atoms with Crippen molar-refractivity contribution in [2.24, 2.45) is 0 Å². The fourth-order valence-corrected chi connectivity index (χ4v) is 3.64. The molecular weight excluding hydrogens is 291 g/mol. The smallest absolute Gasteiger partial charge is 0.208 e. The van der Waals surface area contributed by atoms with E-state index in [1.165, 1.54) is 12.3 Å². The number of nitrogens with zero attached hydrogens (tertiary/aromatic N) is 1. The standard InChI is InChI=1S/C15H23FN2O2S/c1-12(6-7-13-4-3-5-14(16)10-13)18-9-8-15(11-18)17-21(2,19)20/h3-5,10,12,15,17H,6-9,11H2,1-2H3/t12-,15-/m0/s1. The number of aryl methyl sites for hydroxylation is 1. The zero-order valence-corrected chi connectivity index (χ0v) is 13.4. The SMILES string of the molecule is C[C@@H](CCc1cccc(F)c1)N1CC[C@H](NS(C)(=O)=O)C1. The van der Waals surface area contributed by atoms with E-state index in [0.717, 1.165) is 37.9 Å². The maximum absolute atomic E-state index is 13.1. The maximum atomic E-state index is 13.1. The predicted molar refractivity (Wildman–Crippen MR) is 82.1 cm³/mol. The fourth-order valence-electron chi connectivity index (χ4n) is 2.84. The van der Waals surface area contributed by atoms with Gasteiger partial charge >= 0.3 is 0 Å². The molecular formula is C15H23FN2O2S. The normalized spacial score (nSPS) is 21.6. The van der Waals surface area contributed by atoms with Crippen molar-refractivity contribution in [3.8, 4) is 0 Å². The van der Waals surface area contributed by atoms with Gasteiger partial charge in [-0.1, -0.05) is 12.1 Å². The van der Waals surface area contributed by atoms with Gasteiger partial charge in [0, 0.05) is 25.2 Å². The summed E-state index contributed by atoms with van der Waals surface area (Å²) < 4.78 is 38.3. The van der Waals surface area contributed by atoms with Crippen LogP contribution in [0.5, 0.6) is 0 Å². The second-order valence-corrected chi connectivity index (χ2v) is 7.67. The highest BCUT2D eigenvalue weighted by molar-refractivity contribution is 7.88. The highest BCUT2D eigenvalue weighted by Gasteiger charge is 2.27. The van der Waals surface area contributed by atoms with Crippen molar-refractivity contribution in [1.82, 2.24) is 9.62 Å². The molecule has 1 saturated heterocycles. The van der Waals surface area contributed by atoms with Gasteiger partial charge in [0.15, 0.2) is 0 Å². The van der Waals surface area contributed by atoms with Crippen molar-refractivity contribution < 1.29 is 12.8 Å². The lowest BCUT2D eigenvalue weighted by Gasteiger charge is -2.24. The van der Waals surface area contributed by atoms with Crippen molar-refractivity contribution in [3.63, 3.8) is 0 Å². The lowest BCUT2D eigenvalue weighted by atomic mass is 10.1. The first-order valence-corrected chi connectivity index (χ1v) is 9.18. The van der Waals surface area contributed by atoms with E-state index >= 15 is 0 Å². The summed E-state index contributed by atoms with van der Waals surface area (Å²) in [7, 11) is -3.14. The monoisotopic (exact) mass is 314 g/mol. The molecule has 0 radical (unpaired) electrons. The third-order valence-corrected chi connectivity index (χ3v) is 4.73. The molecule has 0 amide bonds. The molecule has 1 fully saturated rings. The molecule has 1 heterocycles. The van der Waals surface area contributed by atoms with Crippen molar-refractivity contribution >= 4 is 10.0 Å². The van der Waals surface area contributed by atoms with Crippen LogP contribution in [0.2, 0.25) is 0 Å². The van der Waals surface area contributed by atoms with Crippen LogP contribution in [-0.4, -0.2) is 44.7 Å². The molecule has 0 aromatic heterocycles. The summed E-state index contributed by atoms with van der Waals surface area (Å²) in [6.07, 6.45) is 3.81. The first-order valence-electron chi connectivity index (χ1n) is 7.29.